The number of carbonyl (C=O) groups excluding carboxylic acids is 2. The number of piperazine rings is 1. The Bertz CT molecular complexity index is 761. The van der Waals surface area contributed by atoms with Gasteiger partial charge in [-0.05, 0) is 18.2 Å². The molecule has 23 heavy (non-hydrogen) atoms. The number of hydrogen-bond donors (Lipinski definition) is 1. The van der Waals surface area contributed by atoms with Gasteiger partial charge < -0.3 is 14.9 Å². The highest BCUT2D eigenvalue weighted by Crippen LogP contribution is 2.28. The van der Waals surface area contributed by atoms with Crippen molar-refractivity contribution in [2.75, 3.05) is 24.6 Å². The van der Waals surface area contributed by atoms with Gasteiger partial charge in [0.15, 0.2) is 9.84 Å². The molecule has 2 aliphatic rings. The fourth-order valence-electron chi connectivity index (χ4n) is 3.40. The van der Waals surface area contributed by atoms with Gasteiger partial charge in [-0.25, -0.2) is 8.42 Å². The highest BCUT2D eigenvalue weighted by atomic mass is 32.2. The van der Waals surface area contributed by atoms with Gasteiger partial charge in [0.2, 0.25) is 5.91 Å². The van der Waals surface area contributed by atoms with E-state index in [1.807, 2.05) is 0 Å². The van der Waals surface area contributed by atoms with Crippen molar-refractivity contribution in [3.8, 4) is 5.75 Å². The molecule has 2 heterocycles. The number of sulfone groups is 1. The Labute approximate surface area is 134 Å². The van der Waals surface area contributed by atoms with Gasteiger partial charge >= 0.3 is 0 Å². The van der Waals surface area contributed by atoms with Crippen LogP contribution in [0.25, 0.3) is 0 Å². The maximum atomic E-state index is 12.7. The molecule has 2 fully saturated rings. The molecule has 3 rings (SSSR count). The van der Waals surface area contributed by atoms with Crippen LogP contribution >= 0.6 is 0 Å². The number of phenolic OH excluding ortho intramolecular Hbond substituents is 1. The molecule has 0 aromatic heterocycles. The summed E-state index contributed by atoms with van der Waals surface area (Å²) in [6.07, 6.45) is 0. The standard InChI is InChI=1S/C15H18N2O5S/c1-10(18)16-5-6-17(14-9-23(21,22)8-13(14)16)15(20)11-3-2-4-12(19)7-11/h2-4,7,13-14,19H,5-6,8-9H2,1H3/t13-,14+/m1/s1. The summed E-state index contributed by atoms with van der Waals surface area (Å²) in [5, 5.41) is 9.53. The van der Waals surface area contributed by atoms with Crippen LogP contribution in [0, 0.1) is 0 Å². The van der Waals surface area contributed by atoms with Crippen molar-refractivity contribution in [2.45, 2.75) is 19.0 Å². The fraction of sp³-hybridized carbons (Fsp3) is 0.467. The van der Waals surface area contributed by atoms with Gasteiger partial charge in [-0.15, -0.1) is 0 Å². The number of hydrogen-bond acceptors (Lipinski definition) is 5. The van der Waals surface area contributed by atoms with Gasteiger partial charge in [-0.1, -0.05) is 6.07 Å². The number of carbonyl (C=O) groups is 2. The Kier molecular flexibility index (Phi) is 3.79. The van der Waals surface area contributed by atoms with Crippen LogP contribution in [0.4, 0.5) is 0 Å². The minimum atomic E-state index is -3.29. The van der Waals surface area contributed by atoms with Crippen molar-refractivity contribution in [2.24, 2.45) is 0 Å². The molecule has 8 heteroatoms. The molecule has 124 valence electrons. The maximum Gasteiger partial charge on any atom is 0.254 e. The van der Waals surface area contributed by atoms with E-state index in [0.29, 0.717) is 12.1 Å². The molecule has 0 radical (unpaired) electrons. The predicted molar refractivity (Wildman–Crippen MR) is 82.8 cm³/mol. The molecule has 2 amide bonds. The number of amides is 2. The summed E-state index contributed by atoms with van der Waals surface area (Å²) >= 11 is 0. The van der Waals surface area contributed by atoms with Crippen molar-refractivity contribution in [3.63, 3.8) is 0 Å². The van der Waals surface area contributed by atoms with E-state index in [0.717, 1.165) is 0 Å². The van der Waals surface area contributed by atoms with Crippen LogP contribution in [0.5, 0.6) is 5.75 Å². The van der Waals surface area contributed by atoms with Crippen LogP contribution < -0.4 is 0 Å². The first-order valence-corrected chi connectivity index (χ1v) is 9.18. The Morgan fingerprint density at radius 2 is 1.74 bits per heavy atom. The molecular weight excluding hydrogens is 320 g/mol. The monoisotopic (exact) mass is 338 g/mol. The molecule has 0 saturated carbocycles. The number of fused-ring (bicyclic) bond motifs is 1. The van der Waals surface area contributed by atoms with E-state index in [9.17, 15) is 23.1 Å². The lowest BCUT2D eigenvalue weighted by Crippen LogP contribution is -2.61. The van der Waals surface area contributed by atoms with E-state index in [4.69, 9.17) is 0 Å². The second-order valence-electron chi connectivity index (χ2n) is 5.97. The van der Waals surface area contributed by atoms with Gasteiger partial charge in [-0.2, -0.15) is 0 Å². The summed E-state index contributed by atoms with van der Waals surface area (Å²) in [5.74, 6) is -0.765. The second kappa shape index (κ2) is 5.52. The SMILES string of the molecule is CC(=O)N1CCN(C(=O)c2cccc(O)c2)[C@H]2CS(=O)(=O)C[C@H]21. The molecule has 0 bridgehead atoms. The zero-order valence-electron chi connectivity index (χ0n) is 12.7. The summed E-state index contributed by atoms with van der Waals surface area (Å²) in [6, 6.07) is 4.95. The Balaban J connectivity index is 1.92. The first-order valence-electron chi connectivity index (χ1n) is 7.36. The minimum Gasteiger partial charge on any atom is -0.508 e. The van der Waals surface area contributed by atoms with E-state index in [2.05, 4.69) is 0 Å². The first kappa shape index (κ1) is 15.8. The molecule has 0 aliphatic carbocycles. The van der Waals surface area contributed by atoms with Crippen molar-refractivity contribution in [1.29, 1.82) is 0 Å². The Morgan fingerprint density at radius 3 is 2.35 bits per heavy atom. The van der Waals surface area contributed by atoms with E-state index < -0.39 is 21.9 Å². The van der Waals surface area contributed by atoms with Crippen molar-refractivity contribution in [3.05, 3.63) is 29.8 Å². The predicted octanol–water partition coefficient (Wildman–Crippen LogP) is -0.138. The summed E-state index contributed by atoms with van der Waals surface area (Å²) < 4.78 is 24.0. The molecule has 0 unspecified atom stereocenters. The van der Waals surface area contributed by atoms with Gasteiger partial charge in [0, 0.05) is 25.6 Å². The van der Waals surface area contributed by atoms with Crippen LogP contribution in [-0.2, 0) is 14.6 Å². The quantitative estimate of drug-likeness (QED) is 0.769. The van der Waals surface area contributed by atoms with Gasteiger partial charge in [0.1, 0.15) is 5.75 Å². The van der Waals surface area contributed by atoms with Crippen LogP contribution in [0.15, 0.2) is 24.3 Å². The summed E-state index contributed by atoms with van der Waals surface area (Å²) in [7, 11) is -3.29. The fourth-order valence-corrected chi connectivity index (χ4v) is 5.38. The number of nitrogens with zero attached hydrogens (tertiary/aromatic N) is 2. The minimum absolute atomic E-state index is 0.0196. The number of aromatic hydroxyl groups is 1. The van der Waals surface area contributed by atoms with E-state index in [1.165, 1.54) is 24.0 Å². The largest absolute Gasteiger partial charge is 0.508 e. The second-order valence-corrected chi connectivity index (χ2v) is 8.13. The molecule has 1 N–H and O–H groups in total. The summed E-state index contributed by atoms with van der Waals surface area (Å²) in [6.45, 7) is 2.01. The van der Waals surface area contributed by atoms with Gasteiger partial charge in [0.05, 0.1) is 23.6 Å². The average Bonchev–Trinajstić information content (AvgIpc) is 2.79. The highest BCUT2D eigenvalue weighted by Gasteiger charge is 2.48. The van der Waals surface area contributed by atoms with Crippen molar-refractivity contribution >= 4 is 21.7 Å². The normalized spacial score (nSPS) is 26.0. The molecule has 0 spiro atoms. The molecule has 2 aliphatic heterocycles. The molecule has 2 atom stereocenters. The lowest BCUT2D eigenvalue weighted by Gasteiger charge is -2.43. The maximum absolute atomic E-state index is 12.7. The van der Waals surface area contributed by atoms with E-state index >= 15 is 0 Å². The molecule has 1 aromatic rings. The van der Waals surface area contributed by atoms with Crippen molar-refractivity contribution < 1.29 is 23.1 Å². The summed E-state index contributed by atoms with van der Waals surface area (Å²) in [4.78, 5) is 27.5. The van der Waals surface area contributed by atoms with Crippen LogP contribution in [0.2, 0.25) is 0 Å². The van der Waals surface area contributed by atoms with Gasteiger partial charge in [0.25, 0.3) is 5.91 Å². The zero-order valence-corrected chi connectivity index (χ0v) is 13.5. The third-order valence-corrected chi connectivity index (χ3v) is 6.13. The molecular formula is C15H18N2O5S. The van der Waals surface area contributed by atoms with E-state index in [1.54, 1.807) is 17.0 Å². The lowest BCUT2D eigenvalue weighted by molar-refractivity contribution is -0.133. The van der Waals surface area contributed by atoms with Gasteiger partial charge in [-0.3, -0.25) is 9.59 Å². The zero-order chi connectivity index (χ0) is 16.8. The number of benzene rings is 1. The van der Waals surface area contributed by atoms with Crippen LogP contribution in [-0.4, -0.2) is 71.8 Å². The number of rotatable bonds is 1. The third-order valence-electron chi connectivity index (χ3n) is 4.43. The van der Waals surface area contributed by atoms with Crippen molar-refractivity contribution in [1.82, 2.24) is 9.80 Å². The average molecular weight is 338 g/mol. The highest BCUT2D eigenvalue weighted by molar-refractivity contribution is 7.91. The van der Waals surface area contributed by atoms with Crippen LogP contribution in [0.3, 0.4) is 0 Å². The molecule has 2 saturated heterocycles. The van der Waals surface area contributed by atoms with Crippen LogP contribution in [0.1, 0.15) is 17.3 Å². The summed E-state index contributed by atoms with van der Waals surface area (Å²) in [5.41, 5.74) is 0.310. The lowest BCUT2D eigenvalue weighted by atomic mass is 10.0. The third kappa shape index (κ3) is 2.90. The Morgan fingerprint density at radius 1 is 1.13 bits per heavy atom. The molecule has 1 aromatic carbocycles. The molecule has 7 nitrogen and oxygen atoms in total. The Hall–Kier alpha value is -2.09. The topological polar surface area (TPSA) is 95.0 Å². The number of phenols is 1. The van der Waals surface area contributed by atoms with E-state index in [-0.39, 0.29) is 35.6 Å². The first-order chi connectivity index (χ1) is 10.8. The smallest absolute Gasteiger partial charge is 0.254 e.